The molecule has 0 saturated carbocycles. The smallest absolute Gasteiger partial charge is 0.282 e. The van der Waals surface area contributed by atoms with Crippen LogP contribution in [0.3, 0.4) is 0 Å². The molecule has 1 aliphatic heterocycles. The summed E-state index contributed by atoms with van der Waals surface area (Å²) in [6.45, 7) is 7.07. The van der Waals surface area contributed by atoms with Crippen molar-refractivity contribution in [3.63, 3.8) is 0 Å². The van der Waals surface area contributed by atoms with Crippen LogP contribution in [0.5, 0.6) is 0 Å². The van der Waals surface area contributed by atoms with Gasteiger partial charge in [-0.1, -0.05) is 0 Å². The zero-order chi connectivity index (χ0) is 14.9. The van der Waals surface area contributed by atoms with Gasteiger partial charge in [0.2, 0.25) is 0 Å². The van der Waals surface area contributed by atoms with Crippen molar-refractivity contribution in [2.45, 2.75) is 39.5 Å². The Kier molecular flexibility index (Phi) is 4.86. The van der Waals surface area contributed by atoms with Gasteiger partial charge in [-0.05, 0) is 37.8 Å². The molecule has 0 amide bonds. The summed E-state index contributed by atoms with van der Waals surface area (Å²) in [6.07, 6.45) is -0.0575. The summed E-state index contributed by atoms with van der Waals surface area (Å²) < 4.78 is 33.8. The van der Waals surface area contributed by atoms with Crippen LogP contribution in [0.1, 0.15) is 24.3 Å². The fourth-order valence-corrected chi connectivity index (χ4v) is 4.83. The van der Waals surface area contributed by atoms with Crippen LogP contribution in [-0.4, -0.2) is 49.4 Å². The minimum atomic E-state index is -3.44. The van der Waals surface area contributed by atoms with E-state index in [1.54, 1.807) is 22.7 Å². The van der Waals surface area contributed by atoms with E-state index in [1.807, 2.05) is 32.2 Å². The topological polar surface area (TPSA) is 49.9 Å². The highest BCUT2D eigenvalue weighted by Crippen LogP contribution is 2.22. The van der Waals surface area contributed by atoms with Crippen LogP contribution in [0, 0.1) is 6.92 Å². The van der Waals surface area contributed by atoms with Gasteiger partial charge in [0.15, 0.2) is 0 Å². The van der Waals surface area contributed by atoms with E-state index in [1.165, 1.54) is 4.31 Å². The van der Waals surface area contributed by atoms with Crippen LogP contribution >= 0.6 is 11.3 Å². The third-order valence-corrected chi connectivity index (χ3v) is 6.60. The summed E-state index contributed by atoms with van der Waals surface area (Å²) in [5.41, 5.74) is 1.14. The lowest BCUT2D eigenvalue weighted by Gasteiger charge is -2.37. The average molecular weight is 318 g/mol. The predicted octanol–water partition coefficient (Wildman–Crippen LogP) is 1.84. The van der Waals surface area contributed by atoms with Gasteiger partial charge in [0.05, 0.1) is 12.7 Å². The number of ether oxygens (including phenoxy) is 1. The van der Waals surface area contributed by atoms with Crippen LogP contribution in [0.2, 0.25) is 0 Å². The predicted molar refractivity (Wildman–Crippen MR) is 81.0 cm³/mol. The number of thiophene rings is 1. The van der Waals surface area contributed by atoms with E-state index in [9.17, 15) is 8.42 Å². The van der Waals surface area contributed by atoms with Crippen molar-refractivity contribution >= 4 is 21.5 Å². The number of rotatable bonds is 4. The second-order valence-corrected chi connectivity index (χ2v) is 8.34. The highest BCUT2D eigenvalue weighted by Gasteiger charge is 2.35. The van der Waals surface area contributed by atoms with Gasteiger partial charge < -0.3 is 4.74 Å². The molecule has 1 aromatic rings. The van der Waals surface area contributed by atoms with Crippen molar-refractivity contribution in [3.05, 3.63) is 21.9 Å². The van der Waals surface area contributed by atoms with Crippen molar-refractivity contribution in [3.8, 4) is 0 Å². The van der Waals surface area contributed by atoms with Crippen LogP contribution in [0.4, 0.5) is 0 Å². The Morgan fingerprint density at radius 2 is 2.20 bits per heavy atom. The van der Waals surface area contributed by atoms with Gasteiger partial charge in [-0.3, -0.25) is 0 Å². The first-order valence-electron chi connectivity index (χ1n) is 6.70. The Bertz CT molecular complexity index is 556. The molecule has 0 bridgehead atoms. The highest BCUT2D eigenvalue weighted by atomic mass is 32.2. The van der Waals surface area contributed by atoms with E-state index in [2.05, 4.69) is 0 Å². The molecule has 114 valence electrons. The normalized spacial score (nSPS) is 25.2. The molecule has 20 heavy (non-hydrogen) atoms. The molecule has 1 fully saturated rings. The van der Waals surface area contributed by atoms with E-state index < -0.39 is 10.2 Å². The van der Waals surface area contributed by atoms with Crippen LogP contribution in [0.15, 0.2) is 11.4 Å². The Morgan fingerprint density at radius 3 is 2.80 bits per heavy atom. The second-order valence-electron chi connectivity index (χ2n) is 5.35. The Hall–Kier alpha value is -0.470. The summed E-state index contributed by atoms with van der Waals surface area (Å²) >= 11 is 1.59. The minimum Gasteiger partial charge on any atom is -0.375 e. The summed E-state index contributed by atoms with van der Waals surface area (Å²) in [5, 5.41) is 1.99. The van der Waals surface area contributed by atoms with Crippen molar-refractivity contribution in [2.24, 2.45) is 0 Å². The molecule has 1 saturated heterocycles. The quantitative estimate of drug-likeness (QED) is 0.851. The number of hydrogen-bond acceptors (Lipinski definition) is 4. The van der Waals surface area contributed by atoms with E-state index >= 15 is 0 Å². The first kappa shape index (κ1) is 15.9. The van der Waals surface area contributed by atoms with E-state index in [0.717, 1.165) is 10.4 Å². The van der Waals surface area contributed by atoms with Crippen molar-refractivity contribution in [1.29, 1.82) is 0 Å². The molecule has 1 aromatic heterocycles. The third kappa shape index (κ3) is 3.23. The fourth-order valence-electron chi connectivity index (χ4n) is 2.22. The zero-order valence-corrected chi connectivity index (χ0v) is 14.0. The maximum atomic E-state index is 12.7. The second kappa shape index (κ2) is 6.11. The maximum Gasteiger partial charge on any atom is 0.282 e. The first-order valence-corrected chi connectivity index (χ1v) is 8.97. The van der Waals surface area contributed by atoms with Gasteiger partial charge in [0.25, 0.3) is 10.2 Å². The van der Waals surface area contributed by atoms with E-state index in [-0.39, 0.29) is 12.1 Å². The maximum absolute atomic E-state index is 12.7. The van der Waals surface area contributed by atoms with Gasteiger partial charge in [-0.15, -0.1) is 11.3 Å². The summed E-state index contributed by atoms with van der Waals surface area (Å²) in [7, 11) is -1.80. The molecule has 0 spiro atoms. The van der Waals surface area contributed by atoms with E-state index in [4.69, 9.17) is 4.74 Å². The Balaban J connectivity index is 2.14. The number of nitrogens with zero attached hydrogens (tertiary/aromatic N) is 2. The molecule has 0 aromatic carbocycles. The molecule has 5 nitrogen and oxygen atoms in total. The monoisotopic (exact) mass is 318 g/mol. The third-order valence-electron chi connectivity index (χ3n) is 3.58. The molecule has 2 rings (SSSR count). The number of hydrogen-bond donors (Lipinski definition) is 0. The molecular formula is C13H22N2O3S2. The molecule has 0 unspecified atom stereocenters. The lowest BCUT2D eigenvalue weighted by atomic mass is 10.2. The van der Waals surface area contributed by atoms with Gasteiger partial charge >= 0.3 is 0 Å². The van der Waals surface area contributed by atoms with E-state index in [0.29, 0.717) is 19.7 Å². The largest absolute Gasteiger partial charge is 0.375 e. The Labute approximate surface area is 125 Å². The number of morpholine rings is 1. The van der Waals surface area contributed by atoms with Crippen molar-refractivity contribution in [2.75, 3.05) is 20.2 Å². The van der Waals surface area contributed by atoms with Crippen molar-refractivity contribution < 1.29 is 13.2 Å². The summed E-state index contributed by atoms with van der Waals surface area (Å²) in [6, 6.07) is 1.89. The zero-order valence-electron chi connectivity index (χ0n) is 12.4. The molecule has 2 atom stereocenters. The van der Waals surface area contributed by atoms with Gasteiger partial charge in [-0.2, -0.15) is 17.0 Å². The van der Waals surface area contributed by atoms with Crippen LogP contribution in [0.25, 0.3) is 0 Å². The summed E-state index contributed by atoms with van der Waals surface area (Å²) in [5.74, 6) is 0. The lowest BCUT2D eigenvalue weighted by Crippen LogP contribution is -2.53. The SMILES string of the molecule is Cc1ccsc1CN(C)S(=O)(=O)N1C[C@@H](C)OC[C@@H]1C. The first-order chi connectivity index (χ1) is 9.32. The Morgan fingerprint density at radius 1 is 1.50 bits per heavy atom. The van der Waals surface area contributed by atoms with Crippen molar-refractivity contribution in [1.82, 2.24) is 8.61 Å². The summed E-state index contributed by atoms with van der Waals surface area (Å²) in [4.78, 5) is 1.09. The molecule has 0 radical (unpaired) electrons. The number of aryl methyl sites for hydroxylation is 1. The molecule has 2 heterocycles. The minimum absolute atomic E-state index is 0.0575. The highest BCUT2D eigenvalue weighted by molar-refractivity contribution is 7.86. The molecule has 0 aliphatic carbocycles. The molecule has 0 N–H and O–H groups in total. The molecular weight excluding hydrogens is 296 g/mol. The lowest BCUT2D eigenvalue weighted by molar-refractivity contribution is -0.0188. The van der Waals surface area contributed by atoms with Crippen LogP contribution in [-0.2, 0) is 21.5 Å². The average Bonchev–Trinajstić information content (AvgIpc) is 2.78. The van der Waals surface area contributed by atoms with Gasteiger partial charge in [0.1, 0.15) is 0 Å². The van der Waals surface area contributed by atoms with Crippen LogP contribution < -0.4 is 0 Å². The molecule has 1 aliphatic rings. The standard InChI is InChI=1S/C13H22N2O3S2/c1-10-5-6-19-13(10)8-14(4)20(16,17)15-7-12(3)18-9-11(15)2/h5-6,11-12H,7-9H2,1-4H3/t11-,12+/m0/s1. The molecule has 7 heteroatoms. The van der Waals surface area contributed by atoms with Gasteiger partial charge in [-0.25, -0.2) is 0 Å². The van der Waals surface area contributed by atoms with Gasteiger partial charge in [0, 0.05) is 31.1 Å². The fraction of sp³-hybridized carbons (Fsp3) is 0.692.